The van der Waals surface area contributed by atoms with Gasteiger partial charge in [-0.2, -0.15) is 0 Å². The molecule has 0 fully saturated rings. The number of halogens is 1. The predicted molar refractivity (Wildman–Crippen MR) is 77.7 cm³/mol. The first-order valence-corrected chi connectivity index (χ1v) is 7.21. The zero-order chi connectivity index (χ0) is 14.1. The van der Waals surface area contributed by atoms with Crippen molar-refractivity contribution in [1.29, 1.82) is 0 Å². The Morgan fingerprint density at radius 1 is 1.40 bits per heavy atom. The van der Waals surface area contributed by atoms with E-state index >= 15 is 0 Å². The SMILES string of the molecule is CCn1ccnc1CC(=O)c1cc2ccc(F)cc2s1. The topological polar surface area (TPSA) is 34.9 Å². The first-order valence-electron chi connectivity index (χ1n) is 6.39. The molecule has 0 unspecified atom stereocenters. The van der Waals surface area contributed by atoms with Gasteiger partial charge in [0.1, 0.15) is 11.6 Å². The maximum atomic E-state index is 13.2. The molecule has 2 heterocycles. The summed E-state index contributed by atoms with van der Waals surface area (Å²) in [6, 6.07) is 6.39. The molecule has 0 aliphatic heterocycles. The van der Waals surface area contributed by atoms with Crippen LogP contribution in [0.3, 0.4) is 0 Å². The third-order valence-corrected chi connectivity index (χ3v) is 4.36. The number of Topliss-reactive ketones (excluding diaryl/α,β-unsaturated/α-hetero) is 1. The molecule has 0 saturated heterocycles. The number of hydrogen-bond acceptors (Lipinski definition) is 3. The van der Waals surface area contributed by atoms with Crippen molar-refractivity contribution in [2.45, 2.75) is 19.9 Å². The van der Waals surface area contributed by atoms with Crippen molar-refractivity contribution in [3.05, 3.63) is 53.2 Å². The van der Waals surface area contributed by atoms with Crippen LogP contribution in [0.1, 0.15) is 22.4 Å². The quantitative estimate of drug-likeness (QED) is 0.686. The number of benzene rings is 1. The molecule has 0 aliphatic carbocycles. The number of carbonyl (C=O) groups excluding carboxylic acids is 1. The van der Waals surface area contributed by atoms with Crippen LogP contribution in [0, 0.1) is 5.82 Å². The van der Waals surface area contributed by atoms with Gasteiger partial charge in [0.25, 0.3) is 0 Å². The molecule has 0 radical (unpaired) electrons. The van der Waals surface area contributed by atoms with Crippen LogP contribution < -0.4 is 0 Å². The fourth-order valence-electron chi connectivity index (χ4n) is 2.17. The number of ketones is 1. The normalized spacial score (nSPS) is 11.1. The molecule has 20 heavy (non-hydrogen) atoms. The molecule has 2 aromatic heterocycles. The summed E-state index contributed by atoms with van der Waals surface area (Å²) in [6.07, 6.45) is 3.84. The van der Waals surface area contributed by atoms with E-state index in [1.165, 1.54) is 23.5 Å². The van der Waals surface area contributed by atoms with Gasteiger partial charge in [0.2, 0.25) is 0 Å². The van der Waals surface area contributed by atoms with Crippen LogP contribution in [0.15, 0.2) is 36.7 Å². The maximum absolute atomic E-state index is 13.2. The van der Waals surface area contributed by atoms with E-state index in [1.807, 2.05) is 23.8 Å². The Bertz CT molecular complexity index is 775. The number of imidazole rings is 1. The van der Waals surface area contributed by atoms with E-state index < -0.39 is 0 Å². The second-order valence-electron chi connectivity index (χ2n) is 4.52. The van der Waals surface area contributed by atoms with Crippen molar-refractivity contribution in [2.24, 2.45) is 0 Å². The van der Waals surface area contributed by atoms with Gasteiger partial charge in [0.15, 0.2) is 5.78 Å². The molecule has 0 saturated carbocycles. The summed E-state index contributed by atoms with van der Waals surface area (Å²) in [4.78, 5) is 17.2. The zero-order valence-corrected chi connectivity index (χ0v) is 11.8. The van der Waals surface area contributed by atoms with Crippen molar-refractivity contribution >= 4 is 27.2 Å². The summed E-state index contributed by atoms with van der Waals surface area (Å²) >= 11 is 1.33. The molecule has 0 spiro atoms. The van der Waals surface area contributed by atoms with Crippen LogP contribution >= 0.6 is 11.3 Å². The number of carbonyl (C=O) groups is 1. The molecule has 3 aromatic rings. The van der Waals surface area contributed by atoms with Gasteiger partial charge in [-0.15, -0.1) is 11.3 Å². The van der Waals surface area contributed by atoms with Crippen molar-refractivity contribution in [1.82, 2.24) is 9.55 Å². The number of hydrogen-bond donors (Lipinski definition) is 0. The lowest BCUT2D eigenvalue weighted by Crippen LogP contribution is -2.08. The van der Waals surface area contributed by atoms with E-state index in [0.29, 0.717) is 4.88 Å². The highest BCUT2D eigenvalue weighted by Crippen LogP contribution is 2.27. The van der Waals surface area contributed by atoms with Crippen molar-refractivity contribution < 1.29 is 9.18 Å². The summed E-state index contributed by atoms with van der Waals surface area (Å²) in [7, 11) is 0. The summed E-state index contributed by atoms with van der Waals surface area (Å²) < 4.78 is 15.9. The molecule has 5 heteroatoms. The van der Waals surface area contributed by atoms with Crippen LogP contribution in [-0.2, 0) is 13.0 Å². The van der Waals surface area contributed by atoms with E-state index in [1.54, 1.807) is 12.3 Å². The fourth-order valence-corrected chi connectivity index (χ4v) is 3.19. The van der Waals surface area contributed by atoms with Crippen LogP contribution in [-0.4, -0.2) is 15.3 Å². The molecule has 0 atom stereocenters. The molecular formula is C15H13FN2OS. The Balaban J connectivity index is 1.89. The Morgan fingerprint density at radius 3 is 3.05 bits per heavy atom. The first-order chi connectivity index (χ1) is 9.67. The van der Waals surface area contributed by atoms with Crippen LogP contribution in [0.2, 0.25) is 0 Å². The number of fused-ring (bicyclic) bond motifs is 1. The average molecular weight is 288 g/mol. The molecule has 3 nitrogen and oxygen atoms in total. The number of aryl methyl sites for hydroxylation is 1. The summed E-state index contributed by atoms with van der Waals surface area (Å²) in [5.74, 6) is 0.508. The Hall–Kier alpha value is -2.01. The lowest BCUT2D eigenvalue weighted by molar-refractivity contribution is 0.0993. The monoisotopic (exact) mass is 288 g/mol. The number of thiophene rings is 1. The molecule has 102 valence electrons. The average Bonchev–Trinajstić information content (AvgIpc) is 3.04. The largest absolute Gasteiger partial charge is 0.335 e. The van der Waals surface area contributed by atoms with Gasteiger partial charge in [0, 0.05) is 23.6 Å². The lowest BCUT2D eigenvalue weighted by atomic mass is 10.2. The van der Waals surface area contributed by atoms with Crippen LogP contribution in [0.4, 0.5) is 4.39 Å². The van der Waals surface area contributed by atoms with Crippen LogP contribution in [0.5, 0.6) is 0 Å². The minimum atomic E-state index is -0.278. The van der Waals surface area contributed by atoms with Gasteiger partial charge in [-0.1, -0.05) is 6.07 Å². The summed E-state index contributed by atoms with van der Waals surface area (Å²) in [5, 5.41) is 0.901. The summed E-state index contributed by atoms with van der Waals surface area (Å²) in [6.45, 7) is 2.80. The predicted octanol–water partition coefficient (Wildman–Crippen LogP) is 3.68. The van der Waals surface area contributed by atoms with Gasteiger partial charge in [0.05, 0.1) is 11.3 Å². The van der Waals surface area contributed by atoms with E-state index in [9.17, 15) is 9.18 Å². The minimum absolute atomic E-state index is 0.0208. The molecule has 0 N–H and O–H groups in total. The van der Waals surface area contributed by atoms with Crippen molar-refractivity contribution in [2.75, 3.05) is 0 Å². The molecule has 0 bridgehead atoms. The standard InChI is InChI=1S/C15H13FN2OS/c1-2-18-6-5-17-15(18)9-12(19)14-7-10-3-4-11(16)8-13(10)20-14/h3-8H,2,9H2,1H3. The molecule has 0 aliphatic rings. The maximum Gasteiger partial charge on any atom is 0.180 e. The van der Waals surface area contributed by atoms with Gasteiger partial charge in [-0.05, 0) is 30.5 Å². The molecule has 3 rings (SSSR count). The van der Waals surface area contributed by atoms with E-state index in [2.05, 4.69) is 4.98 Å². The second-order valence-corrected chi connectivity index (χ2v) is 5.61. The van der Waals surface area contributed by atoms with Gasteiger partial charge in [-0.3, -0.25) is 4.79 Å². The fraction of sp³-hybridized carbons (Fsp3) is 0.200. The molecule has 1 aromatic carbocycles. The van der Waals surface area contributed by atoms with E-state index in [0.717, 1.165) is 22.5 Å². The molecular weight excluding hydrogens is 275 g/mol. The van der Waals surface area contributed by atoms with Gasteiger partial charge < -0.3 is 4.57 Å². The van der Waals surface area contributed by atoms with E-state index in [-0.39, 0.29) is 18.0 Å². The first kappa shape index (κ1) is 13.0. The zero-order valence-electron chi connectivity index (χ0n) is 11.0. The Labute approximate surface area is 119 Å². The smallest absolute Gasteiger partial charge is 0.180 e. The molecule has 0 amide bonds. The third-order valence-electron chi connectivity index (χ3n) is 3.22. The van der Waals surface area contributed by atoms with Crippen molar-refractivity contribution in [3.8, 4) is 0 Å². The highest BCUT2D eigenvalue weighted by atomic mass is 32.1. The van der Waals surface area contributed by atoms with E-state index in [4.69, 9.17) is 0 Å². The number of nitrogens with zero attached hydrogens (tertiary/aromatic N) is 2. The lowest BCUT2D eigenvalue weighted by Gasteiger charge is -2.02. The van der Waals surface area contributed by atoms with Gasteiger partial charge in [-0.25, -0.2) is 9.37 Å². The summed E-state index contributed by atoms with van der Waals surface area (Å²) in [5.41, 5.74) is 0. The highest BCUT2D eigenvalue weighted by molar-refractivity contribution is 7.20. The Kier molecular flexibility index (Phi) is 3.36. The van der Waals surface area contributed by atoms with Gasteiger partial charge >= 0.3 is 0 Å². The Morgan fingerprint density at radius 2 is 2.25 bits per heavy atom. The number of aromatic nitrogens is 2. The minimum Gasteiger partial charge on any atom is -0.335 e. The van der Waals surface area contributed by atoms with Crippen molar-refractivity contribution in [3.63, 3.8) is 0 Å². The van der Waals surface area contributed by atoms with Crippen LogP contribution in [0.25, 0.3) is 10.1 Å². The number of rotatable bonds is 4. The highest BCUT2D eigenvalue weighted by Gasteiger charge is 2.14. The third kappa shape index (κ3) is 2.36. The second kappa shape index (κ2) is 5.17.